The molecule has 9 heteroatoms. The summed E-state index contributed by atoms with van der Waals surface area (Å²) in [5.41, 5.74) is -0.304. The van der Waals surface area contributed by atoms with Crippen molar-refractivity contribution in [1.29, 1.82) is 0 Å². The molecule has 170 valence electrons. The lowest BCUT2D eigenvalue weighted by molar-refractivity contribution is -0.138. The van der Waals surface area contributed by atoms with E-state index in [0.717, 1.165) is 6.07 Å². The summed E-state index contributed by atoms with van der Waals surface area (Å²) in [6.07, 6.45) is -0.840. The maximum atomic E-state index is 13.3. The number of nitrogens with one attached hydrogen (secondary N) is 1. The van der Waals surface area contributed by atoms with Crippen LogP contribution in [0.1, 0.15) is 63.7 Å². The van der Waals surface area contributed by atoms with E-state index in [1.807, 2.05) is 0 Å². The van der Waals surface area contributed by atoms with Crippen LogP contribution in [0.5, 0.6) is 0 Å². The van der Waals surface area contributed by atoms with E-state index in [9.17, 15) is 22.8 Å². The number of anilines is 1. The van der Waals surface area contributed by atoms with Gasteiger partial charge in [-0.25, -0.2) is 4.98 Å². The third-order valence-electron chi connectivity index (χ3n) is 5.84. The van der Waals surface area contributed by atoms with Gasteiger partial charge in [0, 0.05) is 23.6 Å². The minimum absolute atomic E-state index is 0.0345. The number of pyridine rings is 1. The monoisotopic (exact) mass is 454 g/mol. The molecule has 1 aliphatic rings. The zero-order valence-corrected chi connectivity index (χ0v) is 17.5. The van der Waals surface area contributed by atoms with Crippen molar-refractivity contribution in [2.45, 2.75) is 37.8 Å². The number of carbonyl (C=O) groups is 2. The highest BCUT2D eigenvalue weighted by Crippen LogP contribution is 2.38. The highest BCUT2D eigenvalue weighted by molar-refractivity contribution is 6.02. The number of aromatic nitrogens is 3. The molecule has 1 amide bonds. The van der Waals surface area contributed by atoms with Gasteiger partial charge in [0.15, 0.2) is 11.5 Å². The largest absolute Gasteiger partial charge is 0.417 e. The Bertz CT molecular complexity index is 1130. The molecule has 1 N–H and O–H groups in total. The maximum absolute atomic E-state index is 13.3. The third-order valence-corrected chi connectivity index (χ3v) is 5.84. The van der Waals surface area contributed by atoms with Crippen molar-refractivity contribution >= 4 is 17.5 Å². The lowest BCUT2D eigenvalue weighted by Crippen LogP contribution is -2.24. The van der Waals surface area contributed by atoms with Gasteiger partial charge in [-0.1, -0.05) is 24.3 Å². The second kappa shape index (κ2) is 9.48. The minimum Gasteiger partial charge on any atom is -0.305 e. The maximum Gasteiger partial charge on any atom is 0.417 e. The molecule has 6 nitrogen and oxygen atoms in total. The molecule has 0 aliphatic heterocycles. The highest BCUT2D eigenvalue weighted by atomic mass is 19.4. The Hall–Kier alpha value is -3.62. The van der Waals surface area contributed by atoms with Crippen LogP contribution in [0, 0.1) is 5.92 Å². The van der Waals surface area contributed by atoms with E-state index < -0.39 is 29.3 Å². The summed E-state index contributed by atoms with van der Waals surface area (Å²) >= 11 is 0. The fourth-order valence-electron chi connectivity index (χ4n) is 4.11. The van der Waals surface area contributed by atoms with Crippen LogP contribution in [-0.2, 0) is 6.18 Å². The van der Waals surface area contributed by atoms with Gasteiger partial charge < -0.3 is 5.32 Å². The van der Waals surface area contributed by atoms with E-state index in [2.05, 4.69) is 20.5 Å². The first-order chi connectivity index (χ1) is 15.8. The van der Waals surface area contributed by atoms with E-state index in [-0.39, 0.29) is 17.2 Å². The predicted octanol–water partition coefficient (Wildman–Crippen LogP) is 5.30. The number of carbonyl (C=O) groups excluding carboxylic acids is 2. The molecule has 1 fully saturated rings. The summed E-state index contributed by atoms with van der Waals surface area (Å²) < 4.78 is 39.8. The Balaban J connectivity index is 1.37. The molecule has 2 aromatic heterocycles. The summed E-state index contributed by atoms with van der Waals surface area (Å²) in [4.78, 5) is 29.1. The summed E-state index contributed by atoms with van der Waals surface area (Å²) in [5, 5.41) is 10.8. The Morgan fingerprint density at radius 1 is 0.879 bits per heavy atom. The van der Waals surface area contributed by atoms with Crippen LogP contribution in [0.3, 0.4) is 0 Å². The van der Waals surface area contributed by atoms with Gasteiger partial charge >= 0.3 is 6.18 Å². The van der Waals surface area contributed by atoms with Crippen LogP contribution < -0.4 is 5.32 Å². The van der Waals surface area contributed by atoms with Crippen molar-refractivity contribution < 1.29 is 22.8 Å². The molecule has 2 heterocycles. The number of ketones is 1. The molecule has 1 aliphatic carbocycles. The average molecular weight is 454 g/mol. The number of nitrogens with zero attached hydrogens (tertiary/aromatic N) is 3. The third kappa shape index (κ3) is 5.24. The standard InChI is InChI=1S/C24H21F3N4O2/c25-24(26,27)18-6-2-1-5-17(18)22(32)16-10-8-15(9-11-16)19-12-13-20(31-30-19)23(33)29-21-7-3-4-14-28-21/h1-7,12-16H,8-11H2,(H,28,29,33). The number of rotatable bonds is 5. The molecule has 0 unspecified atom stereocenters. The number of hydrogen-bond donors (Lipinski definition) is 1. The van der Waals surface area contributed by atoms with Crippen LogP contribution in [0.4, 0.5) is 19.0 Å². The first-order valence-corrected chi connectivity index (χ1v) is 10.6. The first-order valence-electron chi connectivity index (χ1n) is 10.6. The Morgan fingerprint density at radius 2 is 1.61 bits per heavy atom. The number of hydrogen-bond acceptors (Lipinski definition) is 5. The zero-order chi connectivity index (χ0) is 23.4. The minimum atomic E-state index is -4.57. The van der Waals surface area contributed by atoms with Gasteiger partial charge in [-0.05, 0) is 56.0 Å². The molecule has 1 aromatic carbocycles. The lowest BCUT2D eigenvalue weighted by Gasteiger charge is -2.27. The molecule has 4 rings (SSSR count). The van der Waals surface area contributed by atoms with Crippen molar-refractivity contribution in [3.8, 4) is 0 Å². The molecule has 3 aromatic rings. The van der Waals surface area contributed by atoms with Crippen LogP contribution in [0.2, 0.25) is 0 Å². The molecule has 0 bridgehead atoms. The van der Waals surface area contributed by atoms with Gasteiger partial charge in [-0.2, -0.15) is 18.3 Å². The first kappa shape index (κ1) is 22.6. The molecule has 33 heavy (non-hydrogen) atoms. The zero-order valence-electron chi connectivity index (χ0n) is 17.5. The highest BCUT2D eigenvalue weighted by Gasteiger charge is 2.37. The van der Waals surface area contributed by atoms with Crippen molar-refractivity contribution in [3.63, 3.8) is 0 Å². The average Bonchev–Trinajstić information content (AvgIpc) is 2.84. The van der Waals surface area contributed by atoms with Gasteiger partial charge in [-0.15, -0.1) is 5.10 Å². The van der Waals surface area contributed by atoms with Crippen LogP contribution >= 0.6 is 0 Å². The van der Waals surface area contributed by atoms with E-state index in [0.29, 0.717) is 37.2 Å². The van der Waals surface area contributed by atoms with E-state index in [1.165, 1.54) is 18.2 Å². The molecular formula is C24H21F3N4O2. The molecule has 1 saturated carbocycles. The van der Waals surface area contributed by atoms with E-state index >= 15 is 0 Å². The van der Waals surface area contributed by atoms with Gasteiger partial charge in [0.2, 0.25) is 0 Å². The summed E-state index contributed by atoms with van der Waals surface area (Å²) in [5.74, 6) is -0.906. The fraction of sp³-hybridized carbons (Fsp3) is 0.292. The quantitative estimate of drug-likeness (QED) is 0.529. The van der Waals surface area contributed by atoms with Gasteiger partial charge in [-0.3, -0.25) is 9.59 Å². The summed E-state index contributed by atoms with van der Waals surface area (Å²) in [6, 6.07) is 13.4. The predicted molar refractivity (Wildman–Crippen MR) is 115 cm³/mol. The lowest BCUT2D eigenvalue weighted by atomic mass is 9.77. The SMILES string of the molecule is O=C(Nc1ccccn1)c1ccc(C2CCC(C(=O)c3ccccc3C(F)(F)F)CC2)nn1. The second-order valence-electron chi connectivity index (χ2n) is 7.97. The second-order valence-corrected chi connectivity index (χ2v) is 7.97. The molecule has 0 atom stereocenters. The summed E-state index contributed by atoms with van der Waals surface area (Å²) in [6.45, 7) is 0. The van der Waals surface area contributed by atoms with E-state index in [4.69, 9.17) is 0 Å². The fourth-order valence-corrected chi connectivity index (χ4v) is 4.11. The van der Waals surface area contributed by atoms with Crippen molar-refractivity contribution in [2.75, 3.05) is 5.32 Å². The Kier molecular flexibility index (Phi) is 6.48. The Labute approximate surface area is 188 Å². The Morgan fingerprint density at radius 3 is 2.24 bits per heavy atom. The van der Waals surface area contributed by atoms with Gasteiger partial charge in [0.05, 0.1) is 11.3 Å². The van der Waals surface area contributed by atoms with Crippen molar-refractivity contribution in [3.05, 3.63) is 83.3 Å². The van der Waals surface area contributed by atoms with Crippen molar-refractivity contribution in [2.24, 2.45) is 5.92 Å². The molecular weight excluding hydrogens is 433 g/mol. The molecule has 0 radical (unpaired) electrons. The topological polar surface area (TPSA) is 84.8 Å². The molecule has 0 spiro atoms. The van der Waals surface area contributed by atoms with Gasteiger partial charge in [0.1, 0.15) is 5.82 Å². The normalized spacial score (nSPS) is 18.5. The number of alkyl halides is 3. The van der Waals surface area contributed by atoms with Crippen LogP contribution in [0.25, 0.3) is 0 Å². The van der Waals surface area contributed by atoms with Crippen LogP contribution in [0.15, 0.2) is 60.8 Å². The smallest absolute Gasteiger partial charge is 0.305 e. The van der Waals surface area contributed by atoms with E-state index in [1.54, 1.807) is 36.5 Å². The van der Waals surface area contributed by atoms with Crippen molar-refractivity contribution in [1.82, 2.24) is 15.2 Å². The molecule has 0 saturated heterocycles. The number of benzene rings is 1. The number of Topliss-reactive ketones (excluding diaryl/α,β-unsaturated/α-hetero) is 1. The van der Waals surface area contributed by atoms with Crippen LogP contribution in [-0.4, -0.2) is 26.9 Å². The number of amides is 1. The van der Waals surface area contributed by atoms with Gasteiger partial charge in [0.25, 0.3) is 5.91 Å². The number of halogens is 3. The summed E-state index contributed by atoms with van der Waals surface area (Å²) in [7, 11) is 0.